The van der Waals surface area contributed by atoms with Gasteiger partial charge in [-0.1, -0.05) is 30.3 Å². The van der Waals surface area contributed by atoms with Crippen LogP contribution < -0.4 is 10.9 Å². The zero-order chi connectivity index (χ0) is 21.1. The second kappa shape index (κ2) is 9.11. The topological polar surface area (TPSA) is 37.3 Å². The van der Waals surface area contributed by atoms with Gasteiger partial charge in [0, 0.05) is 37.1 Å². The van der Waals surface area contributed by atoms with Crippen molar-refractivity contribution in [1.82, 2.24) is 14.8 Å². The van der Waals surface area contributed by atoms with Crippen LogP contribution in [0.1, 0.15) is 29.5 Å². The summed E-state index contributed by atoms with van der Waals surface area (Å²) in [7, 11) is 0. The van der Waals surface area contributed by atoms with Gasteiger partial charge in [0.15, 0.2) is 0 Å². The number of benzene rings is 2. The van der Waals surface area contributed by atoms with E-state index in [1.165, 1.54) is 0 Å². The molecule has 4 rings (SSSR count). The SMILES string of the molecule is Cc1ccc(CNC2CCN(CCn3c(=O)cc(C)c4ccccc43)CC2)cc1F. The maximum atomic E-state index is 13.7. The molecule has 1 aliphatic heterocycles. The Kier molecular flexibility index (Phi) is 6.30. The predicted octanol–water partition coefficient (Wildman–Crippen LogP) is 4.01. The van der Waals surface area contributed by atoms with Gasteiger partial charge in [0.1, 0.15) is 5.82 Å². The number of aryl methyl sites for hydroxylation is 2. The molecule has 0 atom stereocenters. The number of aromatic nitrogens is 1. The Morgan fingerprint density at radius 3 is 2.53 bits per heavy atom. The van der Waals surface area contributed by atoms with E-state index in [0.717, 1.165) is 54.5 Å². The van der Waals surface area contributed by atoms with Crippen LogP contribution in [-0.2, 0) is 13.1 Å². The van der Waals surface area contributed by atoms with Gasteiger partial charge in [0.25, 0.3) is 5.56 Å². The zero-order valence-electron chi connectivity index (χ0n) is 17.8. The van der Waals surface area contributed by atoms with Gasteiger partial charge in [-0.25, -0.2) is 4.39 Å². The monoisotopic (exact) mass is 407 g/mol. The van der Waals surface area contributed by atoms with Crippen molar-refractivity contribution < 1.29 is 4.39 Å². The molecule has 1 saturated heterocycles. The molecule has 158 valence electrons. The summed E-state index contributed by atoms with van der Waals surface area (Å²) in [4.78, 5) is 15.0. The van der Waals surface area contributed by atoms with E-state index in [4.69, 9.17) is 0 Å². The van der Waals surface area contributed by atoms with Gasteiger partial charge in [0.05, 0.1) is 5.52 Å². The summed E-state index contributed by atoms with van der Waals surface area (Å²) in [5.41, 5.74) is 3.81. The second-order valence-corrected chi connectivity index (χ2v) is 8.41. The smallest absolute Gasteiger partial charge is 0.251 e. The fourth-order valence-corrected chi connectivity index (χ4v) is 4.34. The first-order valence-corrected chi connectivity index (χ1v) is 10.8. The lowest BCUT2D eigenvalue weighted by molar-refractivity contribution is 0.191. The third kappa shape index (κ3) is 4.63. The van der Waals surface area contributed by atoms with Gasteiger partial charge in [-0.2, -0.15) is 0 Å². The van der Waals surface area contributed by atoms with E-state index in [2.05, 4.69) is 16.3 Å². The molecular formula is C25H30FN3O. The average Bonchev–Trinajstić information content (AvgIpc) is 2.75. The first-order chi connectivity index (χ1) is 14.5. The molecule has 0 bridgehead atoms. The minimum absolute atomic E-state index is 0.0769. The summed E-state index contributed by atoms with van der Waals surface area (Å²) in [5, 5.41) is 4.72. The lowest BCUT2D eigenvalue weighted by atomic mass is 10.0. The van der Waals surface area contributed by atoms with Crippen molar-refractivity contribution in [2.45, 2.75) is 45.8 Å². The molecule has 0 spiro atoms. The Labute approximate surface area is 177 Å². The van der Waals surface area contributed by atoms with Crippen LogP contribution in [0.5, 0.6) is 0 Å². The summed E-state index contributed by atoms with van der Waals surface area (Å²) < 4.78 is 15.6. The van der Waals surface area contributed by atoms with Crippen molar-refractivity contribution in [2.75, 3.05) is 19.6 Å². The van der Waals surface area contributed by atoms with Gasteiger partial charge in [0.2, 0.25) is 0 Å². The minimum atomic E-state index is -0.136. The van der Waals surface area contributed by atoms with Gasteiger partial charge in [-0.05, 0) is 68.6 Å². The normalized spacial score (nSPS) is 15.7. The van der Waals surface area contributed by atoms with Crippen molar-refractivity contribution >= 4 is 10.9 Å². The van der Waals surface area contributed by atoms with Crippen LogP contribution >= 0.6 is 0 Å². The summed E-state index contributed by atoms with van der Waals surface area (Å²) in [5.74, 6) is -0.136. The Bertz CT molecular complexity index is 1080. The van der Waals surface area contributed by atoms with Crippen LogP contribution in [0.2, 0.25) is 0 Å². The highest BCUT2D eigenvalue weighted by molar-refractivity contribution is 5.82. The number of fused-ring (bicyclic) bond motifs is 1. The molecular weight excluding hydrogens is 377 g/mol. The number of para-hydroxylation sites is 1. The van der Waals surface area contributed by atoms with Crippen LogP contribution in [0.4, 0.5) is 4.39 Å². The van der Waals surface area contributed by atoms with Crippen molar-refractivity contribution in [3.8, 4) is 0 Å². The highest BCUT2D eigenvalue weighted by atomic mass is 19.1. The Hall–Kier alpha value is -2.50. The molecule has 0 unspecified atom stereocenters. The Balaban J connectivity index is 1.30. The summed E-state index contributed by atoms with van der Waals surface area (Å²) in [6.07, 6.45) is 2.13. The Morgan fingerprint density at radius 1 is 1.00 bits per heavy atom. The molecule has 0 radical (unpaired) electrons. The van der Waals surface area contributed by atoms with Crippen LogP contribution in [-0.4, -0.2) is 35.1 Å². The third-order valence-electron chi connectivity index (χ3n) is 6.28. The number of nitrogens with zero attached hydrogens (tertiary/aromatic N) is 2. The molecule has 0 aliphatic carbocycles. The first kappa shape index (κ1) is 20.8. The largest absolute Gasteiger partial charge is 0.310 e. The quantitative estimate of drug-likeness (QED) is 0.671. The van der Waals surface area contributed by atoms with E-state index in [9.17, 15) is 9.18 Å². The molecule has 5 heteroatoms. The average molecular weight is 408 g/mol. The van der Waals surface area contributed by atoms with Crippen LogP contribution in [0.25, 0.3) is 10.9 Å². The number of rotatable bonds is 6. The number of nitrogens with one attached hydrogen (secondary N) is 1. The molecule has 0 saturated carbocycles. The molecule has 2 aromatic carbocycles. The van der Waals surface area contributed by atoms with Crippen LogP contribution in [0, 0.1) is 19.7 Å². The molecule has 3 aromatic rings. The van der Waals surface area contributed by atoms with Crippen molar-refractivity contribution in [3.05, 3.63) is 81.4 Å². The standard InChI is InChI=1S/C25H30FN3O/c1-18-7-8-20(16-23(18)26)17-27-21-9-11-28(12-10-21)13-14-29-24-6-4-3-5-22(24)19(2)15-25(29)30/h3-8,15-16,21,27H,9-14,17H2,1-2H3. The number of hydrogen-bond acceptors (Lipinski definition) is 3. The van der Waals surface area contributed by atoms with Gasteiger partial charge >= 0.3 is 0 Å². The number of hydrogen-bond donors (Lipinski definition) is 1. The molecule has 30 heavy (non-hydrogen) atoms. The predicted molar refractivity (Wildman–Crippen MR) is 120 cm³/mol. The van der Waals surface area contributed by atoms with Crippen molar-refractivity contribution in [1.29, 1.82) is 0 Å². The lowest BCUT2D eigenvalue weighted by Gasteiger charge is -2.32. The third-order valence-corrected chi connectivity index (χ3v) is 6.28. The zero-order valence-corrected chi connectivity index (χ0v) is 17.8. The van der Waals surface area contributed by atoms with Crippen LogP contribution in [0.15, 0.2) is 53.3 Å². The molecule has 4 nitrogen and oxygen atoms in total. The van der Waals surface area contributed by atoms with Crippen molar-refractivity contribution in [3.63, 3.8) is 0 Å². The number of pyridine rings is 1. The van der Waals surface area contributed by atoms with Gasteiger partial charge in [-0.15, -0.1) is 0 Å². The first-order valence-electron chi connectivity index (χ1n) is 10.8. The molecule has 1 aliphatic rings. The maximum Gasteiger partial charge on any atom is 0.251 e. The van der Waals surface area contributed by atoms with E-state index in [1.54, 1.807) is 19.1 Å². The molecule has 2 heterocycles. The molecule has 1 N–H and O–H groups in total. The Morgan fingerprint density at radius 2 is 1.77 bits per heavy atom. The van der Waals surface area contributed by atoms with E-state index in [0.29, 0.717) is 24.7 Å². The highest BCUT2D eigenvalue weighted by Crippen LogP contribution is 2.17. The molecule has 1 aromatic heterocycles. The fraction of sp³-hybridized carbons (Fsp3) is 0.400. The maximum absolute atomic E-state index is 13.7. The van der Waals surface area contributed by atoms with E-state index < -0.39 is 0 Å². The van der Waals surface area contributed by atoms with Gasteiger partial charge < -0.3 is 14.8 Å². The lowest BCUT2D eigenvalue weighted by Crippen LogP contribution is -2.43. The van der Waals surface area contributed by atoms with Gasteiger partial charge in [-0.3, -0.25) is 4.79 Å². The number of halogens is 1. The van der Waals surface area contributed by atoms with E-state index in [1.807, 2.05) is 41.8 Å². The summed E-state index contributed by atoms with van der Waals surface area (Å²) >= 11 is 0. The summed E-state index contributed by atoms with van der Waals surface area (Å²) in [6, 6.07) is 15.8. The number of piperidine rings is 1. The number of likely N-dealkylation sites (tertiary alicyclic amines) is 1. The second-order valence-electron chi connectivity index (χ2n) is 8.41. The molecule has 1 fully saturated rings. The summed E-state index contributed by atoms with van der Waals surface area (Å²) in [6.45, 7) is 8.10. The highest BCUT2D eigenvalue weighted by Gasteiger charge is 2.19. The molecule has 0 amide bonds. The van der Waals surface area contributed by atoms with E-state index in [-0.39, 0.29) is 11.4 Å². The van der Waals surface area contributed by atoms with Crippen molar-refractivity contribution in [2.24, 2.45) is 0 Å². The van der Waals surface area contributed by atoms with E-state index >= 15 is 0 Å². The fourth-order valence-electron chi connectivity index (χ4n) is 4.34. The minimum Gasteiger partial charge on any atom is -0.310 e. The van der Waals surface area contributed by atoms with Crippen LogP contribution in [0.3, 0.4) is 0 Å².